The van der Waals surface area contributed by atoms with E-state index < -0.39 is 15.8 Å². The maximum absolute atomic E-state index is 12.8. The van der Waals surface area contributed by atoms with Crippen LogP contribution in [0.15, 0.2) is 41.3 Å². The van der Waals surface area contributed by atoms with Crippen LogP contribution in [-0.4, -0.2) is 13.5 Å². The number of phenolic OH excluding ortho intramolecular Hbond substituents is 1. The van der Waals surface area contributed by atoms with Gasteiger partial charge < -0.3 is 5.11 Å². The predicted molar refractivity (Wildman–Crippen MR) is 78.6 cm³/mol. The molecule has 0 heterocycles. The van der Waals surface area contributed by atoms with Crippen LogP contribution in [-0.2, 0) is 16.6 Å². The van der Waals surface area contributed by atoms with Crippen LogP contribution < -0.4 is 4.72 Å². The molecular formula is C13H10Cl2FNO3S. The van der Waals surface area contributed by atoms with Crippen molar-refractivity contribution in [3.05, 3.63) is 57.8 Å². The van der Waals surface area contributed by atoms with E-state index in [9.17, 15) is 17.9 Å². The lowest BCUT2D eigenvalue weighted by atomic mass is 10.2. The molecule has 2 N–H and O–H groups in total. The normalized spacial score (nSPS) is 11.6. The summed E-state index contributed by atoms with van der Waals surface area (Å²) >= 11 is 11.4. The van der Waals surface area contributed by atoms with Gasteiger partial charge >= 0.3 is 0 Å². The quantitative estimate of drug-likeness (QED) is 0.889. The molecule has 0 radical (unpaired) electrons. The van der Waals surface area contributed by atoms with Crippen LogP contribution in [0.25, 0.3) is 0 Å². The molecule has 8 heteroatoms. The maximum atomic E-state index is 12.8. The van der Waals surface area contributed by atoms with Crippen LogP contribution in [0.5, 0.6) is 5.75 Å². The summed E-state index contributed by atoms with van der Waals surface area (Å²) in [7, 11) is -3.85. The van der Waals surface area contributed by atoms with Gasteiger partial charge in [0.1, 0.15) is 5.82 Å². The van der Waals surface area contributed by atoms with Crippen LogP contribution >= 0.6 is 23.2 Å². The largest absolute Gasteiger partial charge is 0.505 e. The highest BCUT2D eigenvalue weighted by Crippen LogP contribution is 2.34. The number of sulfonamides is 1. The smallest absolute Gasteiger partial charge is 0.240 e. The number of halogens is 3. The Hall–Kier alpha value is -1.34. The lowest BCUT2D eigenvalue weighted by Gasteiger charge is -2.09. The average molecular weight is 350 g/mol. The van der Waals surface area contributed by atoms with Gasteiger partial charge in [-0.15, -0.1) is 0 Å². The zero-order valence-electron chi connectivity index (χ0n) is 10.5. The first kappa shape index (κ1) is 16.0. The van der Waals surface area contributed by atoms with Crippen LogP contribution in [0.3, 0.4) is 0 Å². The number of aromatic hydroxyl groups is 1. The van der Waals surface area contributed by atoms with Gasteiger partial charge in [0.15, 0.2) is 5.75 Å². The minimum Gasteiger partial charge on any atom is -0.505 e. The third-order valence-corrected chi connectivity index (χ3v) is 4.64. The topological polar surface area (TPSA) is 66.4 Å². The molecular weight excluding hydrogens is 340 g/mol. The minimum atomic E-state index is -3.85. The van der Waals surface area contributed by atoms with Crippen LogP contribution in [0.2, 0.25) is 10.0 Å². The summed E-state index contributed by atoms with van der Waals surface area (Å²) in [5.74, 6) is -0.783. The highest BCUT2D eigenvalue weighted by Gasteiger charge is 2.18. The molecule has 0 fully saturated rings. The molecule has 2 aromatic rings. The lowest BCUT2D eigenvalue weighted by molar-refractivity contribution is 0.475. The van der Waals surface area contributed by atoms with Crippen LogP contribution in [0, 0.1) is 5.82 Å². The third kappa shape index (κ3) is 3.85. The zero-order valence-corrected chi connectivity index (χ0v) is 12.8. The second-order valence-corrected chi connectivity index (χ2v) is 6.77. The fraction of sp³-hybridized carbons (Fsp3) is 0.0769. The van der Waals surface area contributed by atoms with Gasteiger partial charge in [-0.1, -0.05) is 35.3 Å². The van der Waals surface area contributed by atoms with E-state index in [0.717, 1.165) is 12.1 Å². The Morgan fingerprint density at radius 3 is 2.14 bits per heavy atom. The van der Waals surface area contributed by atoms with E-state index in [-0.39, 0.29) is 27.2 Å². The van der Waals surface area contributed by atoms with Crippen molar-refractivity contribution in [3.63, 3.8) is 0 Å². The summed E-state index contributed by atoms with van der Waals surface area (Å²) in [6.07, 6.45) is 0. The first-order chi connectivity index (χ1) is 9.79. The summed E-state index contributed by atoms with van der Waals surface area (Å²) in [4.78, 5) is -0.169. The number of rotatable bonds is 4. The predicted octanol–water partition coefficient (Wildman–Crippen LogP) is 3.32. The Kier molecular flexibility index (Phi) is 4.73. The molecule has 0 aliphatic rings. The van der Waals surface area contributed by atoms with E-state index >= 15 is 0 Å². The van der Waals surface area contributed by atoms with Gasteiger partial charge in [0, 0.05) is 6.54 Å². The second-order valence-electron chi connectivity index (χ2n) is 4.19. The number of hydrogen-bond acceptors (Lipinski definition) is 3. The van der Waals surface area contributed by atoms with Gasteiger partial charge in [0.05, 0.1) is 14.9 Å². The van der Waals surface area contributed by atoms with Crippen LogP contribution in [0.1, 0.15) is 5.56 Å². The summed E-state index contributed by atoms with van der Waals surface area (Å²) in [6.45, 7) is -0.0152. The van der Waals surface area contributed by atoms with Crippen molar-refractivity contribution in [2.24, 2.45) is 0 Å². The summed E-state index contributed by atoms with van der Waals surface area (Å²) in [5.41, 5.74) is 0.593. The number of nitrogens with one attached hydrogen (secondary N) is 1. The lowest BCUT2D eigenvalue weighted by Crippen LogP contribution is -2.23. The first-order valence-electron chi connectivity index (χ1n) is 5.72. The van der Waals surface area contributed by atoms with Crippen molar-refractivity contribution in [3.8, 4) is 5.75 Å². The standard InChI is InChI=1S/C13H10Cl2FNO3S/c14-11-5-10(6-12(15)13(11)18)21(19,20)17-7-8-1-3-9(16)4-2-8/h1-6,17-18H,7H2. The van der Waals surface area contributed by atoms with E-state index in [0.29, 0.717) is 5.56 Å². The second kappa shape index (κ2) is 6.19. The van der Waals surface area contributed by atoms with Gasteiger partial charge in [-0.2, -0.15) is 0 Å². The Balaban J connectivity index is 2.20. The van der Waals surface area contributed by atoms with Gasteiger partial charge in [-0.05, 0) is 29.8 Å². The SMILES string of the molecule is O=S(=O)(NCc1ccc(F)cc1)c1cc(Cl)c(O)c(Cl)c1. The van der Waals surface area contributed by atoms with Gasteiger partial charge in [0.25, 0.3) is 0 Å². The molecule has 0 unspecified atom stereocenters. The molecule has 0 saturated carbocycles. The Labute approximate surface area is 131 Å². The van der Waals surface area contributed by atoms with E-state index in [1.54, 1.807) is 0 Å². The highest BCUT2D eigenvalue weighted by molar-refractivity contribution is 7.89. The Bertz CT molecular complexity index is 740. The number of hydrogen-bond donors (Lipinski definition) is 2. The molecule has 21 heavy (non-hydrogen) atoms. The molecule has 112 valence electrons. The molecule has 2 aromatic carbocycles. The van der Waals surface area contributed by atoms with Crippen LogP contribution in [0.4, 0.5) is 4.39 Å². The molecule has 0 spiro atoms. The van der Waals surface area contributed by atoms with E-state index in [1.165, 1.54) is 24.3 Å². The van der Waals surface area contributed by atoms with Gasteiger partial charge in [-0.25, -0.2) is 17.5 Å². The first-order valence-corrected chi connectivity index (χ1v) is 7.95. The molecule has 4 nitrogen and oxygen atoms in total. The fourth-order valence-electron chi connectivity index (χ4n) is 1.56. The molecule has 0 saturated heterocycles. The average Bonchev–Trinajstić information content (AvgIpc) is 2.43. The number of phenols is 1. The van der Waals surface area contributed by atoms with Crippen molar-refractivity contribution >= 4 is 33.2 Å². The molecule has 0 bridgehead atoms. The van der Waals surface area contributed by atoms with Crippen molar-refractivity contribution in [2.45, 2.75) is 11.4 Å². The van der Waals surface area contributed by atoms with Crippen molar-refractivity contribution in [2.75, 3.05) is 0 Å². The van der Waals surface area contributed by atoms with E-state index in [2.05, 4.69) is 4.72 Å². The Morgan fingerprint density at radius 2 is 1.62 bits per heavy atom. The Morgan fingerprint density at radius 1 is 1.10 bits per heavy atom. The molecule has 0 aliphatic carbocycles. The minimum absolute atomic E-state index is 0.0152. The van der Waals surface area contributed by atoms with Crippen molar-refractivity contribution < 1.29 is 17.9 Å². The number of benzene rings is 2. The molecule has 0 amide bonds. The summed E-state index contributed by atoms with van der Waals surface area (Å²) in [5, 5.41) is 9.09. The fourth-order valence-corrected chi connectivity index (χ4v) is 3.25. The maximum Gasteiger partial charge on any atom is 0.240 e. The summed E-state index contributed by atoms with van der Waals surface area (Å²) in [6, 6.07) is 7.59. The summed E-state index contributed by atoms with van der Waals surface area (Å²) < 4.78 is 39.3. The van der Waals surface area contributed by atoms with E-state index in [4.69, 9.17) is 23.2 Å². The molecule has 0 atom stereocenters. The third-order valence-electron chi connectivity index (χ3n) is 2.68. The van der Waals surface area contributed by atoms with Crippen molar-refractivity contribution in [1.29, 1.82) is 0 Å². The monoisotopic (exact) mass is 349 g/mol. The molecule has 0 aliphatic heterocycles. The molecule has 2 rings (SSSR count). The van der Waals surface area contributed by atoms with E-state index in [1.807, 2.05) is 0 Å². The van der Waals surface area contributed by atoms with Gasteiger partial charge in [0.2, 0.25) is 10.0 Å². The molecule has 0 aromatic heterocycles. The van der Waals surface area contributed by atoms with Crippen molar-refractivity contribution in [1.82, 2.24) is 4.72 Å². The zero-order chi connectivity index (χ0) is 15.6. The van der Waals surface area contributed by atoms with Gasteiger partial charge in [-0.3, -0.25) is 0 Å². The highest BCUT2D eigenvalue weighted by atomic mass is 35.5.